The predicted molar refractivity (Wildman–Crippen MR) is 55.8 cm³/mol. The van der Waals surface area contributed by atoms with Gasteiger partial charge in [0, 0.05) is 16.1 Å². The van der Waals surface area contributed by atoms with Gasteiger partial charge in [-0.2, -0.15) is 11.8 Å². The highest BCUT2D eigenvalue weighted by Gasteiger charge is 2.40. The van der Waals surface area contributed by atoms with E-state index in [9.17, 15) is 4.79 Å². The molecule has 0 spiro atoms. The van der Waals surface area contributed by atoms with Crippen LogP contribution in [0.3, 0.4) is 0 Å². The van der Waals surface area contributed by atoms with Crippen molar-refractivity contribution in [2.45, 2.75) is 37.5 Å². The Morgan fingerprint density at radius 1 is 1.69 bits per heavy atom. The molecule has 1 unspecified atom stereocenters. The Bertz CT molecular complexity index is 270. The van der Waals surface area contributed by atoms with Gasteiger partial charge in [0.1, 0.15) is 0 Å². The average molecular weight is 197 g/mol. The number of carbonyl (C=O) groups excluding carboxylic acids is 1. The lowest BCUT2D eigenvalue weighted by molar-refractivity contribution is -0.118. The van der Waals surface area contributed by atoms with Gasteiger partial charge in [0.05, 0.1) is 6.04 Å². The highest BCUT2D eigenvalue weighted by Crippen LogP contribution is 2.40. The topological polar surface area (TPSA) is 29.1 Å². The SMILES string of the molecule is CC1(C)SCC1NC(=O)C1=CCC1. The summed E-state index contributed by atoms with van der Waals surface area (Å²) in [7, 11) is 0. The van der Waals surface area contributed by atoms with Gasteiger partial charge < -0.3 is 5.32 Å². The Morgan fingerprint density at radius 3 is 2.69 bits per heavy atom. The van der Waals surface area contributed by atoms with Gasteiger partial charge in [0.25, 0.3) is 0 Å². The van der Waals surface area contributed by atoms with E-state index in [1.54, 1.807) is 0 Å². The highest BCUT2D eigenvalue weighted by molar-refractivity contribution is 8.02. The molecule has 1 amide bonds. The van der Waals surface area contributed by atoms with Crippen LogP contribution in [0, 0.1) is 0 Å². The van der Waals surface area contributed by atoms with Gasteiger partial charge in [-0.1, -0.05) is 6.08 Å². The summed E-state index contributed by atoms with van der Waals surface area (Å²) >= 11 is 1.92. The van der Waals surface area contributed by atoms with E-state index in [4.69, 9.17) is 0 Å². The largest absolute Gasteiger partial charge is 0.347 e. The standard InChI is InChI=1S/C10H15NOS/c1-10(2)8(6-13-10)11-9(12)7-4-3-5-7/h4,8H,3,5-6H2,1-2H3,(H,11,12). The van der Waals surface area contributed by atoms with Crippen LogP contribution in [0.1, 0.15) is 26.7 Å². The van der Waals surface area contributed by atoms with Crippen molar-refractivity contribution in [1.29, 1.82) is 0 Å². The maximum absolute atomic E-state index is 11.5. The van der Waals surface area contributed by atoms with E-state index >= 15 is 0 Å². The zero-order valence-electron chi connectivity index (χ0n) is 8.09. The first-order valence-electron chi connectivity index (χ1n) is 4.73. The van der Waals surface area contributed by atoms with Gasteiger partial charge in [-0.05, 0) is 26.7 Å². The monoisotopic (exact) mass is 197 g/mol. The van der Waals surface area contributed by atoms with Crippen LogP contribution < -0.4 is 5.32 Å². The summed E-state index contributed by atoms with van der Waals surface area (Å²) in [5, 5.41) is 3.08. The first-order chi connectivity index (χ1) is 6.09. The quantitative estimate of drug-likeness (QED) is 0.730. The third-order valence-electron chi connectivity index (χ3n) is 2.86. The summed E-state index contributed by atoms with van der Waals surface area (Å²) in [5.74, 6) is 1.22. The summed E-state index contributed by atoms with van der Waals surface area (Å²) < 4.78 is 0.236. The summed E-state index contributed by atoms with van der Waals surface area (Å²) in [4.78, 5) is 11.5. The van der Waals surface area contributed by atoms with Crippen molar-refractivity contribution in [2.75, 3.05) is 5.75 Å². The maximum atomic E-state index is 11.5. The van der Waals surface area contributed by atoms with E-state index in [0.717, 1.165) is 24.2 Å². The molecule has 1 N–H and O–H groups in total. The molecule has 0 radical (unpaired) electrons. The number of thioether (sulfide) groups is 1. The minimum absolute atomic E-state index is 0.157. The lowest BCUT2D eigenvalue weighted by Gasteiger charge is -2.44. The third kappa shape index (κ3) is 1.62. The summed E-state index contributed by atoms with van der Waals surface area (Å²) in [6, 6.07) is 0.367. The van der Waals surface area contributed by atoms with Crippen molar-refractivity contribution in [1.82, 2.24) is 5.32 Å². The van der Waals surface area contributed by atoms with E-state index in [1.807, 2.05) is 17.8 Å². The third-order valence-corrected chi connectivity index (χ3v) is 4.39. The molecule has 72 valence electrons. The molecule has 0 aromatic carbocycles. The number of amides is 1. The normalized spacial score (nSPS) is 29.7. The number of nitrogens with one attached hydrogen (secondary N) is 1. The Morgan fingerprint density at radius 2 is 2.38 bits per heavy atom. The lowest BCUT2D eigenvalue weighted by Crippen LogP contribution is -2.56. The molecule has 1 fully saturated rings. The van der Waals surface area contributed by atoms with Crippen molar-refractivity contribution in [3.63, 3.8) is 0 Å². The van der Waals surface area contributed by atoms with Gasteiger partial charge in [-0.15, -0.1) is 0 Å². The van der Waals surface area contributed by atoms with E-state index in [0.29, 0.717) is 6.04 Å². The van der Waals surface area contributed by atoms with E-state index in [2.05, 4.69) is 19.2 Å². The zero-order valence-corrected chi connectivity index (χ0v) is 8.91. The maximum Gasteiger partial charge on any atom is 0.247 e. The van der Waals surface area contributed by atoms with Gasteiger partial charge in [-0.3, -0.25) is 4.79 Å². The Kier molecular flexibility index (Phi) is 2.14. The molecule has 0 bridgehead atoms. The molecule has 13 heavy (non-hydrogen) atoms. The molecule has 1 aliphatic carbocycles. The van der Waals surface area contributed by atoms with Gasteiger partial charge in [0.2, 0.25) is 5.91 Å². The number of hydrogen-bond donors (Lipinski definition) is 1. The fourth-order valence-corrected chi connectivity index (χ4v) is 2.60. The predicted octanol–water partition coefficient (Wildman–Crippen LogP) is 1.72. The molecule has 0 aromatic rings. The lowest BCUT2D eigenvalue weighted by atomic mass is 9.96. The van der Waals surface area contributed by atoms with Crippen molar-refractivity contribution in [2.24, 2.45) is 0 Å². The Balaban J connectivity index is 1.88. The second-order valence-corrected chi connectivity index (χ2v) is 5.88. The van der Waals surface area contributed by atoms with Crippen LogP contribution in [-0.2, 0) is 4.79 Å². The molecule has 1 heterocycles. The Labute approximate surface area is 83.2 Å². The number of hydrogen-bond acceptors (Lipinski definition) is 2. The smallest absolute Gasteiger partial charge is 0.247 e. The molecule has 2 aliphatic rings. The molecular weight excluding hydrogens is 182 g/mol. The fourth-order valence-electron chi connectivity index (χ4n) is 1.46. The van der Waals surface area contributed by atoms with Crippen LogP contribution in [0.2, 0.25) is 0 Å². The molecule has 0 saturated carbocycles. The molecule has 2 nitrogen and oxygen atoms in total. The molecule has 3 heteroatoms. The van der Waals surface area contributed by atoms with Crippen molar-refractivity contribution in [3.8, 4) is 0 Å². The van der Waals surface area contributed by atoms with Gasteiger partial charge in [0.15, 0.2) is 0 Å². The first-order valence-corrected chi connectivity index (χ1v) is 5.72. The highest BCUT2D eigenvalue weighted by atomic mass is 32.2. The van der Waals surface area contributed by atoms with Crippen molar-refractivity contribution >= 4 is 17.7 Å². The Hall–Kier alpha value is -0.440. The molecule has 1 aliphatic heterocycles. The van der Waals surface area contributed by atoms with Gasteiger partial charge >= 0.3 is 0 Å². The minimum atomic E-state index is 0.157. The van der Waals surface area contributed by atoms with E-state index in [-0.39, 0.29) is 10.7 Å². The van der Waals surface area contributed by atoms with Crippen LogP contribution in [0.5, 0.6) is 0 Å². The van der Waals surface area contributed by atoms with Crippen LogP contribution >= 0.6 is 11.8 Å². The summed E-state index contributed by atoms with van der Waals surface area (Å²) in [5.41, 5.74) is 0.979. The number of rotatable bonds is 2. The van der Waals surface area contributed by atoms with Gasteiger partial charge in [-0.25, -0.2) is 0 Å². The van der Waals surface area contributed by atoms with Crippen LogP contribution in [0.15, 0.2) is 11.6 Å². The molecule has 1 atom stereocenters. The minimum Gasteiger partial charge on any atom is -0.347 e. The molecule has 1 saturated heterocycles. The molecule has 0 aromatic heterocycles. The van der Waals surface area contributed by atoms with Crippen molar-refractivity contribution in [3.05, 3.63) is 11.6 Å². The summed E-state index contributed by atoms with van der Waals surface area (Å²) in [6.45, 7) is 4.36. The zero-order chi connectivity index (χ0) is 9.47. The van der Waals surface area contributed by atoms with E-state index in [1.165, 1.54) is 0 Å². The van der Waals surface area contributed by atoms with Crippen molar-refractivity contribution < 1.29 is 4.79 Å². The summed E-state index contributed by atoms with van der Waals surface area (Å²) in [6.07, 6.45) is 4.06. The van der Waals surface area contributed by atoms with E-state index < -0.39 is 0 Å². The first kappa shape index (κ1) is 9.13. The second-order valence-electron chi connectivity index (χ2n) is 4.21. The van der Waals surface area contributed by atoms with Crippen LogP contribution in [-0.4, -0.2) is 22.4 Å². The number of allylic oxidation sites excluding steroid dienone is 1. The number of carbonyl (C=O) groups is 1. The van der Waals surface area contributed by atoms with Crippen LogP contribution in [0.25, 0.3) is 0 Å². The second kappa shape index (κ2) is 3.05. The fraction of sp³-hybridized carbons (Fsp3) is 0.700. The molecular formula is C10H15NOS. The van der Waals surface area contributed by atoms with Crippen LogP contribution in [0.4, 0.5) is 0 Å². The molecule has 2 rings (SSSR count). The average Bonchev–Trinajstić information content (AvgIpc) is 1.95.